The predicted octanol–water partition coefficient (Wildman–Crippen LogP) is 11.4. The van der Waals surface area contributed by atoms with Gasteiger partial charge >= 0.3 is 0 Å². The fourth-order valence-corrected chi connectivity index (χ4v) is 6.52. The van der Waals surface area contributed by atoms with Crippen LogP contribution in [0.4, 0.5) is 0 Å². The van der Waals surface area contributed by atoms with Crippen LogP contribution in [0.5, 0.6) is 0 Å². The van der Waals surface area contributed by atoms with Crippen molar-refractivity contribution in [1.82, 2.24) is 9.97 Å². The van der Waals surface area contributed by atoms with E-state index in [0.717, 1.165) is 66.7 Å². The van der Waals surface area contributed by atoms with Crippen molar-refractivity contribution < 1.29 is 4.42 Å². The van der Waals surface area contributed by atoms with E-state index in [0.29, 0.717) is 0 Å². The second-order valence-corrected chi connectivity index (χ2v) is 11.5. The third kappa shape index (κ3) is 4.37. The normalized spacial score (nSPS) is 11.6. The monoisotopic (exact) mass is 574 g/mol. The van der Waals surface area contributed by atoms with Crippen LogP contribution in [0.25, 0.3) is 88.3 Å². The molecule has 0 N–H and O–H groups in total. The lowest BCUT2D eigenvalue weighted by Gasteiger charge is -2.11. The lowest BCUT2D eigenvalue weighted by atomic mass is 9.93. The number of fused-ring (bicyclic) bond motifs is 6. The molecule has 0 aliphatic rings. The quantitative estimate of drug-likeness (QED) is 0.210. The molecule has 0 atom stereocenters. The van der Waals surface area contributed by atoms with E-state index >= 15 is 0 Å². The van der Waals surface area contributed by atoms with Crippen LogP contribution in [0.1, 0.15) is 0 Å². The number of aromatic nitrogens is 2. The van der Waals surface area contributed by atoms with Crippen molar-refractivity contribution >= 4 is 43.5 Å². The molecular formula is C42H26N2O. The fourth-order valence-electron chi connectivity index (χ4n) is 6.52. The summed E-state index contributed by atoms with van der Waals surface area (Å²) in [7, 11) is 0. The van der Waals surface area contributed by atoms with Crippen molar-refractivity contribution in [3.63, 3.8) is 0 Å². The molecule has 0 radical (unpaired) electrons. The van der Waals surface area contributed by atoms with Gasteiger partial charge in [0.25, 0.3) is 0 Å². The van der Waals surface area contributed by atoms with E-state index in [4.69, 9.17) is 4.42 Å². The average molecular weight is 575 g/mol. The Labute approximate surface area is 260 Å². The van der Waals surface area contributed by atoms with Crippen LogP contribution in [0.15, 0.2) is 162 Å². The Morgan fingerprint density at radius 2 is 0.978 bits per heavy atom. The highest BCUT2D eigenvalue weighted by atomic mass is 16.3. The molecule has 0 unspecified atom stereocenters. The van der Waals surface area contributed by atoms with Gasteiger partial charge in [-0.1, -0.05) is 84.9 Å². The largest absolute Gasteiger partial charge is 0.455 e. The molecule has 0 aliphatic heterocycles. The predicted molar refractivity (Wildman–Crippen MR) is 186 cm³/mol. The maximum Gasteiger partial charge on any atom is 0.143 e. The number of furan rings is 1. The summed E-state index contributed by atoms with van der Waals surface area (Å²) in [6.07, 6.45) is 3.67. The summed E-state index contributed by atoms with van der Waals surface area (Å²) < 4.78 is 6.68. The Bertz CT molecular complexity index is 2460. The van der Waals surface area contributed by atoms with Gasteiger partial charge in [-0.05, 0) is 98.9 Å². The lowest BCUT2D eigenvalue weighted by Crippen LogP contribution is -1.89. The zero-order chi connectivity index (χ0) is 29.7. The van der Waals surface area contributed by atoms with Crippen molar-refractivity contribution in [2.75, 3.05) is 0 Å². The van der Waals surface area contributed by atoms with Gasteiger partial charge in [0.2, 0.25) is 0 Å². The molecule has 0 aliphatic carbocycles. The summed E-state index contributed by atoms with van der Waals surface area (Å²) in [5.41, 5.74) is 10.3. The zero-order valence-corrected chi connectivity index (χ0v) is 24.3. The SMILES string of the molecule is c1ccc(-c2cc(-c3ccc(-c4cc5ccccc5c5c4oc4cc6ccccc6cc45)cc3)cc(-c3ccccn3)c2)nc1. The van der Waals surface area contributed by atoms with Gasteiger partial charge in [-0.3, -0.25) is 9.97 Å². The zero-order valence-electron chi connectivity index (χ0n) is 24.3. The summed E-state index contributed by atoms with van der Waals surface area (Å²) in [5, 5.41) is 7.10. The van der Waals surface area contributed by atoms with E-state index < -0.39 is 0 Å². The number of pyridine rings is 2. The van der Waals surface area contributed by atoms with Gasteiger partial charge in [0.1, 0.15) is 11.2 Å². The standard InChI is InChI=1S/C42H26N2O/c1-2-10-30-26-40-37(24-29(30)9-1)41-35-12-4-3-11-31(35)25-36(42(41)45-40)28-17-15-27(16-18-28)32-21-33(38-13-5-7-19-43-38)23-34(22-32)39-14-6-8-20-44-39/h1-26H. The van der Waals surface area contributed by atoms with E-state index in [1.54, 1.807) is 0 Å². The molecule has 3 heterocycles. The molecule has 210 valence electrons. The Kier molecular flexibility index (Phi) is 5.82. The van der Waals surface area contributed by atoms with Crippen molar-refractivity contribution in [3.8, 4) is 44.8 Å². The van der Waals surface area contributed by atoms with Crippen molar-refractivity contribution in [1.29, 1.82) is 0 Å². The molecular weight excluding hydrogens is 548 g/mol. The molecule has 45 heavy (non-hydrogen) atoms. The van der Waals surface area contributed by atoms with Crippen LogP contribution in [0.3, 0.4) is 0 Å². The topological polar surface area (TPSA) is 38.9 Å². The van der Waals surface area contributed by atoms with Gasteiger partial charge in [-0.15, -0.1) is 0 Å². The van der Waals surface area contributed by atoms with Crippen LogP contribution < -0.4 is 0 Å². The number of hydrogen-bond donors (Lipinski definition) is 0. The highest BCUT2D eigenvalue weighted by Gasteiger charge is 2.17. The van der Waals surface area contributed by atoms with Crippen LogP contribution in [-0.2, 0) is 0 Å². The first-order valence-electron chi connectivity index (χ1n) is 15.1. The first-order valence-corrected chi connectivity index (χ1v) is 15.1. The third-order valence-corrected chi connectivity index (χ3v) is 8.71. The summed E-state index contributed by atoms with van der Waals surface area (Å²) in [5.74, 6) is 0. The number of benzene rings is 6. The van der Waals surface area contributed by atoms with Gasteiger partial charge in [0.15, 0.2) is 0 Å². The van der Waals surface area contributed by atoms with Crippen LogP contribution >= 0.6 is 0 Å². The molecule has 0 amide bonds. The number of rotatable bonds is 4. The van der Waals surface area contributed by atoms with Crippen molar-refractivity contribution in [3.05, 3.63) is 158 Å². The van der Waals surface area contributed by atoms with Gasteiger partial charge < -0.3 is 4.42 Å². The van der Waals surface area contributed by atoms with E-state index in [-0.39, 0.29) is 0 Å². The van der Waals surface area contributed by atoms with Crippen molar-refractivity contribution in [2.24, 2.45) is 0 Å². The van der Waals surface area contributed by atoms with Crippen LogP contribution in [-0.4, -0.2) is 9.97 Å². The Morgan fingerprint density at radius 3 is 1.64 bits per heavy atom. The second-order valence-electron chi connectivity index (χ2n) is 11.5. The molecule has 9 rings (SSSR count). The van der Waals surface area contributed by atoms with E-state index in [1.807, 2.05) is 48.8 Å². The lowest BCUT2D eigenvalue weighted by molar-refractivity contribution is 0.671. The Balaban J connectivity index is 1.21. The molecule has 9 aromatic rings. The Hall–Kier alpha value is -6.06. The molecule has 0 fully saturated rings. The van der Waals surface area contributed by atoms with Crippen molar-refractivity contribution in [2.45, 2.75) is 0 Å². The second kappa shape index (κ2) is 10.3. The minimum Gasteiger partial charge on any atom is -0.455 e. The van der Waals surface area contributed by atoms with Gasteiger partial charge in [-0.2, -0.15) is 0 Å². The first-order chi connectivity index (χ1) is 22.3. The summed E-state index contributed by atoms with van der Waals surface area (Å²) >= 11 is 0. The molecule has 3 aromatic heterocycles. The molecule has 6 aromatic carbocycles. The molecule has 0 saturated heterocycles. The highest BCUT2D eigenvalue weighted by molar-refractivity contribution is 6.24. The molecule has 0 bridgehead atoms. The smallest absolute Gasteiger partial charge is 0.143 e. The summed E-state index contributed by atoms with van der Waals surface area (Å²) in [6, 6.07) is 51.2. The Morgan fingerprint density at radius 1 is 0.400 bits per heavy atom. The van der Waals surface area contributed by atoms with Gasteiger partial charge in [0, 0.05) is 39.9 Å². The average Bonchev–Trinajstić information content (AvgIpc) is 3.49. The first kappa shape index (κ1) is 25.4. The number of hydrogen-bond acceptors (Lipinski definition) is 3. The minimum atomic E-state index is 0.909. The maximum absolute atomic E-state index is 6.68. The van der Waals surface area contributed by atoms with Crippen LogP contribution in [0, 0.1) is 0 Å². The fraction of sp³-hybridized carbons (Fsp3) is 0. The molecule has 3 heteroatoms. The van der Waals surface area contributed by atoms with Gasteiger partial charge in [-0.25, -0.2) is 0 Å². The number of nitrogens with zero attached hydrogens (tertiary/aromatic N) is 2. The summed E-state index contributed by atoms with van der Waals surface area (Å²) in [6.45, 7) is 0. The van der Waals surface area contributed by atoms with E-state index in [1.165, 1.54) is 21.5 Å². The van der Waals surface area contributed by atoms with E-state index in [9.17, 15) is 0 Å². The van der Waals surface area contributed by atoms with E-state index in [2.05, 4.69) is 119 Å². The molecule has 3 nitrogen and oxygen atoms in total. The minimum absolute atomic E-state index is 0.909. The highest BCUT2D eigenvalue weighted by Crippen LogP contribution is 2.42. The summed E-state index contributed by atoms with van der Waals surface area (Å²) in [4.78, 5) is 9.26. The molecule has 0 spiro atoms. The van der Waals surface area contributed by atoms with Gasteiger partial charge in [0.05, 0.1) is 11.4 Å². The maximum atomic E-state index is 6.68. The van der Waals surface area contributed by atoms with Crippen LogP contribution in [0.2, 0.25) is 0 Å². The third-order valence-electron chi connectivity index (χ3n) is 8.71. The molecule has 0 saturated carbocycles.